The molecule has 16 nitrogen and oxygen atoms in total. The van der Waals surface area contributed by atoms with E-state index in [2.05, 4.69) is 33.9 Å². The van der Waals surface area contributed by atoms with Gasteiger partial charge in [-0.15, -0.1) is 0 Å². The fourth-order valence-electron chi connectivity index (χ4n) is 2.81. The van der Waals surface area contributed by atoms with Crippen LogP contribution in [0.3, 0.4) is 0 Å². The summed E-state index contributed by atoms with van der Waals surface area (Å²) in [5, 5.41) is 27.6. The summed E-state index contributed by atoms with van der Waals surface area (Å²) in [5.74, 6) is -6.70. The number of amides is 6. The second kappa shape index (κ2) is 18.2. The molecule has 12 N–H and O–H groups in total. The molecule has 0 aliphatic rings. The highest BCUT2D eigenvalue weighted by Gasteiger charge is 2.31. The lowest BCUT2D eigenvalue weighted by molar-refractivity contribution is -0.142. The molecular weight excluding hydrogens is 546 g/mol. The number of carboxylic acid groups (broad SMARTS) is 1. The molecule has 0 aliphatic carbocycles. The first-order valence-corrected chi connectivity index (χ1v) is 13.3. The number of carboxylic acids is 1. The number of rotatable bonds is 19. The van der Waals surface area contributed by atoms with Crippen LogP contribution in [0.2, 0.25) is 0 Å². The van der Waals surface area contributed by atoms with Crippen molar-refractivity contribution in [3.63, 3.8) is 0 Å². The Kier molecular flexibility index (Phi) is 16.7. The Morgan fingerprint density at radius 3 is 1.76 bits per heavy atom. The second-order valence-corrected chi connectivity index (χ2v) is 9.36. The summed E-state index contributed by atoms with van der Waals surface area (Å²) in [4.78, 5) is 83.8. The Balaban J connectivity index is 5.35. The van der Waals surface area contributed by atoms with Crippen LogP contribution in [0.1, 0.15) is 25.7 Å². The van der Waals surface area contributed by atoms with Crippen molar-refractivity contribution >= 4 is 65.8 Å². The Bertz CT molecular complexity index is 878. The number of nitrogens with one attached hydrogen (secondary N) is 4. The van der Waals surface area contributed by atoms with Gasteiger partial charge in [0.2, 0.25) is 35.4 Å². The molecule has 0 aromatic heterocycles. The van der Waals surface area contributed by atoms with Crippen LogP contribution in [0, 0.1) is 0 Å². The summed E-state index contributed by atoms with van der Waals surface area (Å²) >= 11 is 5.40. The van der Waals surface area contributed by atoms with Gasteiger partial charge >= 0.3 is 5.97 Å². The van der Waals surface area contributed by atoms with Crippen molar-refractivity contribution in [2.75, 3.05) is 24.4 Å². The SMILES string of the molecule is CSCC[C@H](N)C(=O)N[C@@H](CC(N)=O)C(=O)N[C@@H](CO)C(=O)N[C@@H](CS)C(=O)N[C@@H](CCC(N)=O)C(=O)O. The number of nitrogens with two attached hydrogens (primary N) is 3. The highest BCUT2D eigenvalue weighted by molar-refractivity contribution is 7.98. The molecule has 216 valence electrons. The maximum absolute atomic E-state index is 12.7. The molecule has 6 amide bonds. The summed E-state index contributed by atoms with van der Waals surface area (Å²) < 4.78 is 0. The van der Waals surface area contributed by atoms with Crippen LogP contribution in [0.5, 0.6) is 0 Å². The van der Waals surface area contributed by atoms with E-state index in [9.17, 15) is 43.8 Å². The van der Waals surface area contributed by atoms with Gasteiger partial charge in [-0.2, -0.15) is 24.4 Å². The summed E-state index contributed by atoms with van der Waals surface area (Å²) in [6.45, 7) is -0.945. The zero-order valence-electron chi connectivity index (χ0n) is 20.7. The van der Waals surface area contributed by atoms with Crippen molar-refractivity contribution in [3.05, 3.63) is 0 Å². The summed E-state index contributed by atoms with van der Waals surface area (Å²) in [6.07, 6.45) is 0.852. The van der Waals surface area contributed by atoms with E-state index in [0.29, 0.717) is 5.75 Å². The van der Waals surface area contributed by atoms with E-state index in [1.54, 1.807) is 0 Å². The van der Waals surface area contributed by atoms with Gasteiger partial charge < -0.3 is 48.7 Å². The molecule has 0 unspecified atom stereocenters. The average molecular weight is 582 g/mol. The second-order valence-electron chi connectivity index (χ2n) is 8.01. The largest absolute Gasteiger partial charge is 0.480 e. The molecule has 0 saturated heterocycles. The Morgan fingerprint density at radius 2 is 1.29 bits per heavy atom. The van der Waals surface area contributed by atoms with Crippen molar-refractivity contribution in [2.45, 2.75) is 55.9 Å². The summed E-state index contributed by atoms with van der Waals surface area (Å²) in [6, 6.07) is -7.01. The molecule has 0 rings (SSSR count). The Morgan fingerprint density at radius 1 is 0.789 bits per heavy atom. The van der Waals surface area contributed by atoms with Crippen LogP contribution in [0.4, 0.5) is 0 Å². The minimum atomic E-state index is -1.64. The van der Waals surface area contributed by atoms with Crippen LogP contribution in [0.15, 0.2) is 0 Å². The van der Waals surface area contributed by atoms with Gasteiger partial charge in [0.05, 0.1) is 19.1 Å². The number of primary amides is 2. The lowest BCUT2D eigenvalue weighted by Gasteiger charge is -2.24. The minimum absolute atomic E-state index is 0.290. The molecule has 0 spiro atoms. The molecule has 18 heteroatoms. The average Bonchev–Trinajstić information content (AvgIpc) is 2.84. The summed E-state index contributed by atoms with van der Waals surface area (Å²) in [5.41, 5.74) is 15.9. The third kappa shape index (κ3) is 13.5. The maximum Gasteiger partial charge on any atom is 0.326 e. The monoisotopic (exact) mass is 581 g/mol. The molecule has 0 radical (unpaired) electrons. The zero-order chi connectivity index (χ0) is 29.4. The smallest absolute Gasteiger partial charge is 0.326 e. The Hall–Kier alpha value is -3.09. The van der Waals surface area contributed by atoms with E-state index < -0.39 is 84.6 Å². The predicted octanol–water partition coefficient (Wildman–Crippen LogP) is -4.85. The molecule has 0 fully saturated rings. The van der Waals surface area contributed by atoms with E-state index in [0.717, 1.165) is 0 Å². The standard InChI is InChI=1S/C20H35N7O9S2/c1-38-5-4-9(21)16(31)25-11(6-15(23)30)17(32)26-12(7-28)18(33)27-13(8-37)19(34)24-10(20(35)36)2-3-14(22)29/h9-13,28,37H,2-8,21H2,1H3,(H2,22,29)(H2,23,30)(H,24,34)(H,25,31)(H,26,32)(H,27,33)(H,35,36)/t9-,10-,11-,12-,13-/m0/s1. The fourth-order valence-corrected chi connectivity index (χ4v) is 3.56. The molecule has 38 heavy (non-hydrogen) atoms. The van der Waals surface area contributed by atoms with Crippen LogP contribution in [-0.4, -0.2) is 106 Å². The van der Waals surface area contributed by atoms with E-state index in [-0.39, 0.29) is 25.0 Å². The first kappa shape index (κ1) is 34.9. The number of aliphatic hydroxyl groups is 1. The van der Waals surface area contributed by atoms with E-state index >= 15 is 0 Å². The normalized spacial score (nSPS) is 14.6. The van der Waals surface area contributed by atoms with E-state index in [1.807, 2.05) is 6.26 Å². The molecule has 0 aromatic carbocycles. The fraction of sp³-hybridized carbons (Fsp3) is 0.650. The van der Waals surface area contributed by atoms with Crippen molar-refractivity contribution in [1.82, 2.24) is 21.3 Å². The van der Waals surface area contributed by atoms with Crippen LogP contribution >= 0.6 is 24.4 Å². The van der Waals surface area contributed by atoms with Gasteiger partial charge in [-0.1, -0.05) is 0 Å². The number of thiol groups is 1. The number of carbonyl (C=O) groups excluding carboxylic acids is 6. The van der Waals surface area contributed by atoms with Crippen molar-refractivity contribution < 1.29 is 43.8 Å². The van der Waals surface area contributed by atoms with Gasteiger partial charge in [-0.05, 0) is 24.9 Å². The van der Waals surface area contributed by atoms with Gasteiger partial charge in [-0.3, -0.25) is 28.8 Å². The van der Waals surface area contributed by atoms with Crippen LogP contribution in [-0.2, 0) is 33.6 Å². The van der Waals surface area contributed by atoms with Gasteiger partial charge in [0.15, 0.2) is 0 Å². The number of hydrogen-bond acceptors (Lipinski definition) is 11. The van der Waals surface area contributed by atoms with Crippen LogP contribution in [0.25, 0.3) is 0 Å². The highest BCUT2D eigenvalue weighted by atomic mass is 32.2. The van der Waals surface area contributed by atoms with Crippen molar-refractivity contribution in [3.8, 4) is 0 Å². The minimum Gasteiger partial charge on any atom is -0.480 e. The number of carbonyl (C=O) groups is 7. The number of thioether (sulfide) groups is 1. The Labute approximate surface area is 228 Å². The number of aliphatic carboxylic acids is 1. The summed E-state index contributed by atoms with van der Waals surface area (Å²) in [7, 11) is 0. The molecule has 0 heterocycles. The third-order valence-corrected chi connectivity index (χ3v) is 5.94. The molecule has 0 bridgehead atoms. The number of aliphatic hydroxyl groups excluding tert-OH is 1. The lowest BCUT2D eigenvalue weighted by atomic mass is 10.1. The van der Waals surface area contributed by atoms with E-state index in [4.69, 9.17) is 17.2 Å². The first-order chi connectivity index (χ1) is 17.8. The molecule has 0 aliphatic heterocycles. The topological polar surface area (TPSA) is 286 Å². The lowest BCUT2D eigenvalue weighted by Crippen LogP contribution is -2.60. The van der Waals surface area contributed by atoms with Gasteiger partial charge in [0.1, 0.15) is 24.2 Å². The molecule has 0 saturated carbocycles. The van der Waals surface area contributed by atoms with Gasteiger partial charge in [0.25, 0.3) is 0 Å². The third-order valence-electron chi connectivity index (χ3n) is 4.93. The maximum atomic E-state index is 12.7. The van der Waals surface area contributed by atoms with Crippen molar-refractivity contribution in [1.29, 1.82) is 0 Å². The highest BCUT2D eigenvalue weighted by Crippen LogP contribution is 2.02. The van der Waals surface area contributed by atoms with Gasteiger partial charge in [-0.25, -0.2) is 4.79 Å². The molecule has 0 aromatic rings. The quantitative estimate of drug-likeness (QED) is 0.0645. The van der Waals surface area contributed by atoms with Crippen molar-refractivity contribution in [2.24, 2.45) is 17.2 Å². The molecular formula is C20H35N7O9S2. The molecule has 5 atom stereocenters. The zero-order valence-corrected chi connectivity index (χ0v) is 22.4. The number of hydrogen-bond donors (Lipinski definition) is 10. The van der Waals surface area contributed by atoms with Gasteiger partial charge in [0, 0.05) is 12.2 Å². The first-order valence-electron chi connectivity index (χ1n) is 11.2. The van der Waals surface area contributed by atoms with Crippen LogP contribution < -0.4 is 38.5 Å². The van der Waals surface area contributed by atoms with E-state index in [1.165, 1.54) is 11.8 Å². The predicted molar refractivity (Wildman–Crippen MR) is 140 cm³/mol.